The molecule has 1 aromatic rings. The quantitative estimate of drug-likeness (QED) is 0.797. The predicted molar refractivity (Wildman–Crippen MR) is 62.9 cm³/mol. The smallest absolute Gasteiger partial charge is 0.218 e. The Kier molecular flexibility index (Phi) is 4.98. The van der Waals surface area contributed by atoms with Crippen molar-refractivity contribution in [3.05, 3.63) is 11.9 Å². The first-order chi connectivity index (χ1) is 7.69. The average Bonchev–Trinajstić information content (AvgIpc) is 2.27. The third kappa shape index (κ3) is 3.66. The Morgan fingerprint density at radius 1 is 1.38 bits per heavy atom. The molecule has 1 N–H and O–H groups in total. The van der Waals surface area contributed by atoms with Crippen molar-refractivity contribution in [2.75, 3.05) is 26.1 Å². The summed E-state index contributed by atoms with van der Waals surface area (Å²) in [5, 5.41) is 3.29. The van der Waals surface area contributed by atoms with Crippen molar-refractivity contribution in [1.29, 1.82) is 0 Å². The van der Waals surface area contributed by atoms with Crippen molar-refractivity contribution >= 4 is 5.82 Å². The standard InChI is InChI=1S/C11H19N3O2/c1-5-9(7-15-3)14-10-6-11(16-4)13-8(2)12-10/h6,9H,5,7H2,1-4H3,(H,12,13,14). The predicted octanol–water partition coefficient (Wildman–Crippen LogP) is 1.63. The molecule has 1 atom stereocenters. The van der Waals surface area contributed by atoms with Crippen LogP contribution < -0.4 is 10.1 Å². The summed E-state index contributed by atoms with van der Waals surface area (Å²) in [6.45, 7) is 4.59. The van der Waals surface area contributed by atoms with Gasteiger partial charge in [-0.1, -0.05) is 6.92 Å². The maximum Gasteiger partial charge on any atom is 0.218 e. The summed E-state index contributed by atoms with van der Waals surface area (Å²) in [4.78, 5) is 8.42. The van der Waals surface area contributed by atoms with Crippen LogP contribution in [0.3, 0.4) is 0 Å². The van der Waals surface area contributed by atoms with Crippen LogP contribution in [0.25, 0.3) is 0 Å². The first kappa shape index (κ1) is 12.7. The van der Waals surface area contributed by atoms with Gasteiger partial charge in [0.05, 0.1) is 19.8 Å². The molecule has 0 bridgehead atoms. The average molecular weight is 225 g/mol. The molecule has 1 aromatic heterocycles. The maximum atomic E-state index is 5.12. The number of nitrogens with zero attached hydrogens (tertiary/aromatic N) is 2. The molecule has 1 heterocycles. The molecular formula is C11H19N3O2. The topological polar surface area (TPSA) is 56.3 Å². The molecule has 5 heteroatoms. The molecule has 0 aliphatic rings. The van der Waals surface area contributed by atoms with Gasteiger partial charge in [0.15, 0.2) is 0 Å². The maximum absolute atomic E-state index is 5.12. The molecule has 5 nitrogen and oxygen atoms in total. The number of ether oxygens (including phenoxy) is 2. The fourth-order valence-corrected chi connectivity index (χ4v) is 1.39. The van der Waals surface area contributed by atoms with Crippen molar-refractivity contribution < 1.29 is 9.47 Å². The van der Waals surface area contributed by atoms with Crippen LogP contribution in [0.5, 0.6) is 5.88 Å². The molecule has 0 radical (unpaired) electrons. The van der Waals surface area contributed by atoms with E-state index in [0.29, 0.717) is 18.3 Å². The highest BCUT2D eigenvalue weighted by Gasteiger charge is 2.08. The van der Waals surface area contributed by atoms with Gasteiger partial charge < -0.3 is 14.8 Å². The highest BCUT2D eigenvalue weighted by atomic mass is 16.5. The Morgan fingerprint density at radius 2 is 2.12 bits per heavy atom. The number of hydrogen-bond donors (Lipinski definition) is 1. The van der Waals surface area contributed by atoms with Gasteiger partial charge in [-0.15, -0.1) is 0 Å². The lowest BCUT2D eigenvalue weighted by Crippen LogP contribution is -2.24. The molecule has 0 aromatic carbocycles. The van der Waals surface area contributed by atoms with Crippen molar-refractivity contribution in [1.82, 2.24) is 9.97 Å². The summed E-state index contributed by atoms with van der Waals surface area (Å²) in [7, 11) is 3.29. The third-order valence-corrected chi connectivity index (χ3v) is 2.24. The van der Waals surface area contributed by atoms with E-state index in [9.17, 15) is 0 Å². The highest BCUT2D eigenvalue weighted by molar-refractivity contribution is 5.39. The van der Waals surface area contributed by atoms with E-state index in [1.807, 2.05) is 6.92 Å². The van der Waals surface area contributed by atoms with Crippen LogP contribution in [-0.4, -0.2) is 36.8 Å². The second-order valence-electron chi connectivity index (χ2n) is 3.55. The number of nitrogens with one attached hydrogen (secondary N) is 1. The number of aryl methyl sites for hydroxylation is 1. The van der Waals surface area contributed by atoms with E-state index in [-0.39, 0.29) is 6.04 Å². The van der Waals surface area contributed by atoms with Gasteiger partial charge in [-0.2, -0.15) is 4.98 Å². The van der Waals surface area contributed by atoms with Crippen molar-refractivity contribution in [3.8, 4) is 5.88 Å². The van der Waals surface area contributed by atoms with Crippen LogP contribution in [0, 0.1) is 6.92 Å². The molecule has 0 amide bonds. The number of anilines is 1. The molecule has 0 saturated heterocycles. The molecule has 90 valence electrons. The van der Waals surface area contributed by atoms with Gasteiger partial charge in [0.2, 0.25) is 5.88 Å². The molecule has 0 aliphatic heterocycles. The molecule has 0 spiro atoms. The van der Waals surface area contributed by atoms with Crippen molar-refractivity contribution in [2.45, 2.75) is 26.3 Å². The fraction of sp³-hybridized carbons (Fsp3) is 0.636. The van der Waals surface area contributed by atoms with Crippen LogP contribution in [0.4, 0.5) is 5.82 Å². The van der Waals surface area contributed by atoms with Gasteiger partial charge in [-0.25, -0.2) is 4.98 Å². The zero-order chi connectivity index (χ0) is 12.0. The molecule has 1 rings (SSSR count). The molecule has 0 saturated carbocycles. The lowest BCUT2D eigenvalue weighted by atomic mass is 10.2. The number of rotatable bonds is 6. The summed E-state index contributed by atoms with van der Waals surface area (Å²) in [5.41, 5.74) is 0. The molecule has 0 fully saturated rings. The lowest BCUT2D eigenvalue weighted by Gasteiger charge is -2.16. The summed E-state index contributed by atoms with van der Waals surface area (Å²) < 4.78 is 10.2. The van der Waals surface area contributed by atoms with Gasteiger partial charge in [0.1, 0.15) is 11.6 Å². The first-order valence-corrected chi connectivity index (χ1v) is 5.34. The van der Waals surface area contributed by atoms with E-state index < -0.39 is 0 Å². The third-order valence-electron chi connectivity index (χ3n) is 2.24. The Hall–Kier alpha value is -1.36. The zero-order valence-corrected chi connectivity index (χ0v) is 10.3. The van der Waals surface area contributed by atoms with E-state index in [1.54, 1.807) is 20.3 Å². The number of hydrogen-bond acceptors (Lipinski definition) is 5. The van der Waals surface area contributed by atoms with Gasteiger partial charge in [0, 0.05) is 13.2 Å². The Balaban J connectivity index is 2.74. The Morgan fingerprint density at radius 3 is 2.69 bits per heavy atom. The lowest BCUT2D eigenvalue weighted by molar-refractivity contribution is 0.184. The summed E-state index contributed by atoms with van der Waals surface area (Å²) >= 11 is 0. The van der Waals surface area contributed by atoms with Crippen LogP contribution in [0.1, 0.15) is 19.2 Å². The minimum atomic E-state index is 0.254. The van der Waals surface area contributed by atoms with E-state index in [1.165, 1.54) is 0 Å². The fourth-order valence-electron chi connectivity index (χ4n) is 1.39. The van der Waals surface area contributed by atoms with E-state index in [2.05, 4.69) is 22.2 Å². The first-order valence-electron chi connectivity index (χ1n) is 5.34. The van der Waals surface area contributed by atoms with E-state index in [0.717, 1.165) is 12.2 Å². The van der Waals surface area contributed by atoms with Crippen molar-refractivity contribution in [3.63, 3.8) is 0 Å². The molecular weight excluding hydrogens is 206 g/mol. The molecule has 0 aliphatic carbocycles. The second kappa shape index (κ2) is 6.27. The van der Waals surface area contributed by atoms with Crippen LogP contribution >= 0.6 is 0 Å². The summed E-state index contributed by atoms with van der Waals surface area (Å²) in [6.07, 6.45) is 0.971. The highest BCUT2D eigenvalue weighted by Crippen LogP contribution is 2.14. The Labute approximate surface area is 96.2 Å². The van der Waals surface area contributed by atoms with Crippen molar-refractivity contribution in [2.24, 2.45) is 0 Å². The minimum Gasteiger partial charge on any atom is -0.481 e. The molecule has 16 heavy (non-hydrogen) atoms. The molecule has 1 unspecified atom stereocenters. The number of methoxy groups -OCH3 is 2. The van der Waals surface area contributed by atoms with Gasteiger partial charge in [0.25, 0.3) is 0 Å². The summed E-state index contributed by atoms with van der Waals surface area (Å²) in [5.74, 6) is 2.03. The second-order valence-corrected chi connectivity index (χ2v) is 3.55. The normalized spacial score (nSPS) is 12.2. The minimum absolute atomic E-state index is 0.254. The van der Waals surface area contributed by atoms with E-state index in [4.69, 9.17) is 9.47 Å². The summed E-state index contributed by atoms with van der Waals surface area (Å²) in [6, 6.07) is 2.04. The van der Waals surface area contributed by atoms with Gasteiger partial charge >= 0.3 is 0 Å². The monoisotopic (exact) mass is 225 g/mol. The van der Waals surface area contributed by atoms with Gasteiger partial charge in [-0.3, -0.25) is 0 Å². The van der Waals surface area contributed by atoms with Crippen LogP contribution in [-0.2, 0) is 4.74 Å². The van der Waals surface area contributed by atoms with Gasteiger partial charge in [-0.05, 0) is 13.3 Å². The largest absolute Gasteiger partial charge is 0.481 e. The zero-order valence-electron chi connectivity index (χ0n) is 10.3. The number of aromatic nitrogens is 2. The van der Waals surface area contributed by atoms with Crippen LogP contribution in [0.2, 0.25) is 0 Å². The van der Waals surface area contributed by atoms with E-state index >= 15 is 0 Å². The van der Waals surface area contributed by atoms with Crippen LogP contribution in [0.15, 0.2) is 6.07 Å². The SMILES string of the molecule is CCC(COC)Nc1cc(OC)nc(C)n1. The Bertz CT molecular complexity index is 331.